The number of rotatable bonds is 3. The lowest BCUT2D eigenvalue weighted by atomic mass is 9.98. The van der Waals surface area contributed by atoms with E-state index in [1.807, 2.05) is 37.3 Å². The summed E-state index contributed by atoms with van der Waals surface area (Å²) in [6.07, 6.45) is 0. The summed E-state index contributed by atoms with van der Waals surface area (Å²) in [6, 6.07) is 11.7. The van der Waals surface area contributed by atoms with Gasteiger partial charge in [0.1, 0.15) is 5.75 Å². The molecule has 0 amide bonds. The van der Waals surface area contributed by atoms with Crippen LogP contribution in [-0.2, 0) is 0 Å². The third-order valence-electron chi connectivity index (χ3n) is 3.08. The zero-order valence-electron chi connectivity index (χ0n) is 10.8. The van der Waals surface area contributed by atoms with Crippen molar-refractivity contribution < 1.29 is 4.74 Å². The normalized spacial score (nSPS) is 12.3. The van der Waals surface area contributed by atoms with Gasteiger partial charge in [0.2, 0.25) is 0 Å². The average Bonchev–Trinajstić information content (AvgIpc) is 2.41. The van der Waals surface area contributed by atoms with E-state index in [1.54, 1.807) is 7.11 Å². The number of hydrogen-bond donors (Lipinski definition) is 1. The SMILES string of the molecule is COc1ccc(C(N)c2ccc(I)c(Cl)c2)cc1C. The van der Waals surface area contributed by atoms with Crippen molar-refractivity contribution in [3.8, 4) is 5.75 Å². The summed E-state index contributed by atoms with van der Waals surface area (Å²) < 4.78 is 6.29. The van der Waals surface area contributed by atoms with Crippen LogP contribution in [-0.4, -0.2) is 7.11 Å². The molecule has 0 saturated heterocycles. The minimum Gasteiger partial charge on any atom is -0.496 e. The fourth-order valence-corrected chi connectivity index (χ4v) is 2.52. The van der Waals surface area contributed by atoms with Crippen molar-refractivity contribution in [3.63, 3.8) is 0 Å². The molecule has 4 heteroatoms. The molecule has 0 spiro atoms. The summed E-state index contributed by atoms with van der Waals surface area (Å²) in [5.41, 5.74) is 9.43. The fraction of sp³-hybridized carbons (Fsp3) is 0.200. The van der Waals surface area contributed by atoms with Crippen LogP contribution in [0.3, 0.4) is 0 Å². The molecule has 0 aliphatic rings. The Labute approximate surface area is 132 Å². The highest BCUT2D eigenvalue weighted by Crippen LogP contribution is 2.28. The number of methoxy groups -OCH3 is 1. The fourth-order valence-electron chi connectivity index (χ4n) is 1.99. The van der Waals surface area contributed by atoms with E-state index in [0.717, 1.165) is 31.0 Å². The van der Waals surface area contributed by atoms with Gasteiger partial charge in [-0.3, -0.25) is 0 Å². The molecule has 2 rings (SSSR count). The molecule has 0 fully saturated rings. The average molecular weight is 388 g/mol. The van der Waals surface area contributed by atoms with Gasteiger partial charge in [-0.25, -0.2) is 0 Å². The van der Waals surface area contributed by atoms with Crippen LogP contribution < -0.4 is 10.5 Å². The van der Waals surface area contributed by atoms with E-state index in [2.05, 4.69) is 28.7 Å². The van der Waals surface area contributed by atoms with E-state index in [4.69, 9.17) is 22.1 Å². The van der Waals surface area contributed by atoms with Gasteiger partial charge < -0.3 is 10.5 Å². The maximum Gasteiger partial charge on any atom is 0.121 e. The van der Waals surface area contributed by atoms with E-state index in [9.17, 15) is 0 Å². The molecule has 0 radical (unpaired) electrons. The number of halogens is 2. The van der Waals surface area contributed by atoms with E-state index < -0.39 is 0 Å². The van der Waals surface area contributed by atoms with Gasteiger partial charge in [0.15, 0.2) is 0 Å². The zero-order chi connectivity index (χ0) is 14.0. The minimum atomic E-state index is -0.181. The van der Waals surface area contributed by atoms with Gasteiger partial charge in [-0.1, -0.05) is 29.8 Å². The molecule has 2 aromatic carbocycles. The molecule has 0 aliphatic carbocycles. The molecule has 0 aromatic heterocycles. The second-order valence-electron chi connectivity index (χ2n) is 4.38. The van der Waals surface area contributed by atoms with Crippen molar-refractivity contribution in [2.45, 2.75) is 13.0 Å². The molecule has 19 heavy (non-hydrogen) atoms. The van der Waals surface area contributed by atoms with Gasteiger partial charge in [0, 0.05) is 3.57 Å². The molecule has 2 N–H and O–H groups in total. The molecule has 1 atom stereocenters. The van der Waals surface area contributed by atoms with Crippen LogP contribution >= 0.6 is 34.2 Å². The van der Waals surface area contributed by atoms with Crippen LogP contribution in [0.15, 0.2) is 36.4 Å². The molecule has 0 aliphatic heterocycles. The highest BCUT2D eigenvalue weighted by Gasteiger charge is 2.12. The Morgan fingerprint density at radius 1 is 1.16 bits per heavy atom. The maximum atomic E-state index is 6.29. The first-order valence-electron chi connectivity index (χ1n) is 5.88. The van der Waals surface area contributed by atoms with Crippen LogP contribution in [0, 0.1) is 10.5 Å². The number of hydrogen-bond acceptors (Lipinski definition) is 2. The first kappa shape index (κ1) is 14.6. The molecular formula is C15H15ClINO. The Balaban J connectivity index is 2.35. The lowest BCUT2D eigenvalue weighted by Crippen LogP contribution is -2.12. The number of nitrogens with two attached hydrogens (primary N) is 1. The molecule has 2 aromatic rings. The van der Waals surface area contributed by atoms with Gasteiger partial charge in [-0.2, -0.15) is 0 Å². The molecule has 0 bridgehead atoms. The summed E-state index contributed by atoms with van der Waals surface area (Å²) in [5, 5.41) is 0.735. The van der Waals surface area contributed by atoms with Crippen LogP contribution in [0.5, 0.6) is 5.75 Å². The zero-order valence-corrected chi connectivity index (χ0v) is 13.7. The molecular weight excluding hydrogens is 373 g/mol. The summed E-state index contributed by atoms with van der Waals surface area (Å²) >= 11 is 8.35. The Morgan fingerprint density at radius 2 is 1.79 bits per heavy atom. The van der Waals surface area contributed by atoms with Crippen LogP contribution in [0.2, 0.25) is 5.02 Å². The van der Waals surface area contributed by atoms with Gasteiger partial charge >= 0.3 is 0 Å². The van der Waals surface area contributed by atoms with Gasteiger partial charge in [0.05, 0.1) is 18.2 Å². The standard InChI is InChI=1S/C15H15ClINO/c1-9-7-10(4-6-14(9)19-2)15(18)11-3-5-13(17)12(16)8-11/h3-8,15H,18H2,1-2H3. The second kappa shape index (κ2) is 6.11. The monoisotopic (exact) mass is 387 g/mol. The lowest BCUT2D eigenvalue weighted by Gasteiger charge is -2.15. The highest BCUT2D eigenvalue weighted by atomic mass is 127. The smallest absolute Gasteiger partial charge is 0.121 e. The molecule has 100 valence electrons. The van der Waals surface area contributed by atoms with E-state index in [0.29, 0.717) is 0 Å². The third-order valence-corrected chi connectivity index (χ3v) is 4.65. The van der Waals surface area contributed by atoms with Crippen molar-refractivity contribution in [2.75, 3.05) is 7.11 Å². The van der Waals surface area contributed by atoms with Crippen LogP contribution in [0.25, 0.3) is 0 Å². The van der Waals surface area contributed by atoms with Gasteiger partial charge in [0.25, 0.3) is 0 Å². The Hall–Kier alpha value is -0.780. The summed E-state index contributed by atoms with van der Waals surface area (Å²) in [5.74, 6) is 0.872. The number of ether oxygens (including phenoxy) is 1. The predicted molar refractivity (Wildman–Crippen MR) is 87.9 cm³/mol. The largest absolute Gasteiger partial charge is 0.496 e. The molecule has 2 nitrogen and oxygen atoms in total. The maximum absolute atomic E-state index is 6.29. The topological polar surface area (TPSA) is 35.2 Å². The number of aryl methyl sites for hydroxylation is 1. The first-order valence-corrected chi connectivity index (χ1v) is 7.33. The van der Waals surface area contributed by atoms with Crippen molar-refractivity contribution >= 4 is 34.2 Å². The first-order chi connectivity index (χ1) is 9.02. The molecule has 0 heterocycles. The predicted octanol–water partition coefficient (Wildman–Crippen LogP) is 4.31. The van der Waals surface area contributed by atoms with Crippen molar-refractivity contribution in [3.05, 3.63) is 61.7 Å². The molecule has 1 unspecified atom stereocenters. The lowest BCUT2D eigenvalue weighted by molar-refractivity contribution is 0.411. The third kappa shape index (κ3) is 3.22. The Morgan fingerprint density at radius 3 is 2.37 bits per heavy atom. The second-order valence-corrected chi connectivity index (χ2v) is 5.95. The van der Waals surface area contributed by atoms with Crippen molar-refractivity contribution in [1.29, 1.82) is 0 Å². The van der Waals surface area contributed by atoms with Crippen LogP contribution in [0.4, 0.5) is 0 Å². The van der Waals surface area contributed by atoms with Gasteiger partial charge in [-0.15, -0.1) is 0 Å². The quantitative estimate of drug-likeness (QED) is 0.797. The van der Waals surface area contributed by atoms with Crippen molar-refractivity contribution in [1.82, 2.24) is 0 Å². The van der Waals surface area contributed by atoms with E-state index >= 15 is 0 Å². The summed E-state index contributed by atoms with van der Waals surface area (Å²) in [6.45, 7) is 2.01. The Kier molecular flexibility index (Phi) is 4.71. The summed E-state index contributed by atoms with van der Waals surface area (Å²) in [7, 11) is 1.67. The van der Waals surface area contributed by atoms with Crippen molar-refractivity contribution in [2.24, 2.45) is 5.73 Å². The van der Waals surface area contributed by atoms with Crippen LogP contribution in [0.1, 0.15) is 22.7 Å². The minimum absolute atomic E-state index is 0.181. The van der Waals surface area contributed by atoms with E-state index in [1.165, 1.54) is 0 Å². The van der Waals surface area contributed by atoms with Gasteiger partial charge in [-0.05, 0) is 64.4 Å². The van der Waals surface area contributed by atoms with E-state index in [-0.39, 0.29) is 6.04 Å². The summed E-state index contributed by atoms with van der Waals surface area (Å²) in [4.78, 5) is 0. The number of benzene rings is 2. The molecule has 0 saturated carbocycles. The Bertz CT molecular complexity index is 601. The highest BCUT2D eigenvalue weighted by molar-refractivity contribution is 14.1.